The molecular formula is C13H18Cl2N2O2. The number of benzene rings is 1. The van der Waals surface area contributed by atoms with Crippen molar-refractivity contribution in [1.82, 2.24) is 5.32 Å². The number of nitrogens with one attached hydrogen (secondary N) is 2. The van der Waals surface area contributed by atoms with Crippen LogP contribution in [-0.4, -0.2) is 23.8 Å². The maximum atomic E-state index is 11.6. The van der Waals surface area contributed by atoms with Crippen molar-refractivity contribution in [2.45, 2.75) is 26.4 Å². The number of aliphatic hydroxyl groups excluding tert-OH is 1. The number of rotatable bonds is 5. The number of hydrogen-bond acceptors (Lipinski definition) is 2. The average molecular weight is 305 g/mol. The Morgan fingerprint density at radius 2 is 2.05 bits per heavy atom. The molecule has 1 unspecified atom stereocenters. The Labute approximate surface area is 123 Å². The van der Waals surface area contributed by atoms with Crippen LogP contribution in [-0.2, 0) is 0 Å². The lowest BCUT2D eigenvalue weighted by Gasteiger charge is -2.15. The zero-order chi connectivity index (χ0) is 14.4. The Morgan fingerprint density at radius 1 is 1.37 bits per heavy atom. The van der Waals surface area contributed by atoms with Crippen LogP contribution in [0, 0.1) is 5.92 Å². The highest BCUT2D eigenvalue weighted by molar-refractivity contribution is 6.43. The molecule has 0 saturated carbocycles. The number of amides is 2. The fraction of sp³-hybridized carbons (Fsp3) is 0.462. The third-order valence-electron chi connectivity index (χ3n) is 2.70. The van der Waals surface area contributed by atoms with E-state index in [4.69, 9.17) is 23.2 Å². The molecule has 0 spiro atoms. The molecule has 19 heavy (non-hydrogen) atoms. The van der Waals surface area contributed by atoms with Gasteiger partial charge in [-0.25, -0.2) is 4.79 Å². The van der Waals surface area contributed by atoms with E-state index in [0.717, 1.165) is 0 Å². The van der Waals surface area contributed by atoms with Gasteiger partial charge in [-0.3, -0.25) is 0 Å². The van der Waals surface area contributed by atoms with E-state index in [0.29, 0.717) is 28.7 Å². The SMILES string of the molecule is CC(C)C(O)CCNC(=O)Nc1cccc(Cl)c1Cl. The zero-order valence-corrected chi connectivity index (χ0v) is 12.4. The summed E-state index contributed by atoms with van der Waals surface area (Å²) in [7, 11) is 0. The minimum atomic E-state index is -0.421. The molecule has 1 rings (SSSR count). The minimum absolute atomic E-state index is 0.173. The average Bonchev–Trinajstić information content (AvgIpc) is 2.34. The van der Waals surface area contributed by atoms with Crippen molar-refractivity contribution >= 4 is 34.9 Å². The lowest BCUT2D eigenvalue weighted by Crippen LogP contribution is -2.32. The number of hydrogen-bond donors (Lipinski definition) is 3. The molecule has 1 aromatic carbocycles. The van der Waals surface area contributed by atoms with Gasteiger partial charge in [-0.1, -0.05) is 43.1 Å². The van der Waals surface area contributed by atoms with Gasteiger partial charge in [-0.05, 0) is 24.5 Å². The molecule has 0 aliphatic heterocycles. The molecule has 0 aliphatic rings. The molecule has 0 aliphatic carbocycles. The number of carbonyl (C=O) groups excluding carboxylic acids is 1. The van der Waals surface area contributed by atoms with Crippen LogP contribution < -0.4 is 10.6 Å². The van der Waals surface area contributed by atoms with Crippen molar-refractivity contribution < 1.29 is 9.90 Å². The second-order valence-corrected chi connectivity index (χ2v) is 5.37. The van der Waals surface area contributed by atoms with Crippen molar-refractivity contribution in [3.8, 4) is 0 Å². The van der Waals surface area contributed by atoms with Crippen LogP contribution >= 0.6 is 23.2 Å². The molecule has 0 radical (unpaired) electrons. The molecule has 1 atom stereocenters. The van der Waals surface area contributed by atoms with Crippen molar-refractivity contribution in [3.63, 3.8) is 0 Å². The fourth-order valence-electron chi connectivity index (χ4n) is 1.43. The highest BCUT2D eigenvalue weighted by Gasteiger charge is 2.10. The molecule has 0 bridgehead atoms. The summed E-state index contributed by atoms with van der Waals surface area (Å²) in [5.74, 6) is 0.173. The Balaban J connectivity index is 2.41. The van der Waals surface area contributed by atoms with Gasteiger partial charge >= 0.3 is 6.03 Å². The van der Waals surface area contributed by atoms with Crippen molar-refractivity contribution in [2.75, 3.05) is 11.9 Å². The molecule has 0 aromatic heterocycles. The van der Waals surface area contributed by atoms with Crippen LogP contribution in [0.2, 0.25) is 10.0 Å². The normalized spacial score (nSPS) is 12.3. The van der Waals surface area contributed by atoms with Crippen LogP contribution in [0.5, 0.6) is 0 Å². The Hall–Kier alpha value is -0.970. The monoisotopic (exact) mass is 304 g/mol. The van der Waals surface area contributed by atoms with Crippen LogP contribution in [0.25, 0.3) is 0 Å². The predicted octanol–water partition coefficient (Wildman–Crippen LogP) is 3.52. The molecule has 1 aromatic rings. The van der Waals surface area contributed by atoms with Crippen LogP contribution in [0.4, 0.5) is 10.5 Å². The molecule has 2 amide bonds. The number of urea groups is 1. The first kappa shape index (κ1) is 16.1. The van der Waals surface area contributed by atoms with E-state index in [1.807, 2.05) is 13.8 Å². The van der Waals surface area contributed by atoms with Gasteiger partial charge in [0.15, 0.2) is 0 Å². The molecule has 3 N–H and O–H groups in total. The molecule has 106 valence electrons. The first-order valence-corrected chi connectivity index (χ1v) is 6.84. The maximum Gasteiger partial charge on any atom is 0.319 e. The Kier molecular flexibility index (Phi) is 6.42. The van der Waals surface area contributed by atoms with Gasteiger partial charge in [0.2, 0.25) is 0 Å². The Morgan fingerprint density at radius 3 is 2.68 bits per heavy atom. The van der Waals surface area contributed by atoms with Crippen LogP contribution in [0.1, 0.15) is 20.3 Å². The summed E-state index contributed by atoms with van der Waals surface area (Å²) in [6.45, 7) is 4.25. The quantitative estimate of drug-likeness (QED) is 0.779. The van der Waals surface area contributed by atoms with Gasteiger partial charge in [0.25, 0.3) is 0 Å². The van der Waals surface area contributed by atoms with E-state index < -0.39 is 6.10 Å². The van der Waals surface area contributed by atoms with Gasteiger partial charge < -0.3 is 15.7 Å². The first-order valence-electron chi connectivity index (χ1n) is 6.08. The lowest BCUT2D eigenvalue weighted by atomic mass is 10.0. The Bertz CT molecular complexity index is 439. The molecule has 0 saturated heterocycles. The summed E-state index contributed by atoms with van der Waals surface area (Å²) >= 11 is 11.8. The summed E-state index contributed by atoms with van der Waals surface area (Å²) in [4.78, 5) is 11.6. The fourth-order valence-corrected chi connectivity index (χ4v) is 1.78. The summed E-state index contributed by atoms with van der Waals surface area (Å²) in [6, 6.07) is 4.63. The summed E-state index contributed by atoms with van der Waals surface area (Å²) < 4.78 is 0. The van der Waals surface area contributed by atoms with E-state index in [1.165, 1.54) is 0 Å². The summed E-state index contributed by atoms with van der Waals surface area (Å²) in [5.41, 5.74) is 0.455. The highest BCUT2D eigenvalue weighted by Crippen LogP contribution is 2.29. The molecule has 0 fully saturated rings. The second kappa shape index (κ2) is 7.58. The standard InChI is InChI=1S/C13H18Cl2N2O2/c1-8(2)11(18)6-7-16-13(19)17-10-5-3-4-9(14)12(10)15/h3-5,8,11,18H,6-7H2,1-2H3,(H2,16,17,19). The first-order chi connectivity index (χ1) is 8.91. The zero-order valence-electron chi connectivity index (χ0n) is 10.9. The van der Waals surface area contributed by atoms with E-state index in [9.17, 15) is 9.90 Å². The van der Waals surface area contributed by atoms with Crippen molar-refractivity contribution in [1.29, 1.82) is 0 Å². The molecule has 0 heterocycles. The number of halogens is 2. The number of carbonyl (C=O) groups is 1. The third kappa shape index (κ3) is 5.27. The van der Waals surface area contributed by atoms with E-state index in [-0.39, 0.29) is 11.9 Å². The van der Waals surface area contributed by atoms with E-state index in [2.05, 4.69) is 10.6 Å². The largest absolute Gasteiger partial charge is 0.393 e. The van der Waals surface area contributed by atoms with Gasteiger partial charge in [0.05, 0.1) is 21.8 Å². The smallest absolute Gasteiger partial charge is 0.319 e. The van der Waals surface area contributed by atoms with Gasteiger partial charge in [-0.2, -0.15) is 0 Å². The minimum Gasteiger partial charge on any atom is -0.393 e. The second-order valence-electron chi connectivity index (χ2n) is 4.58. The molecule has 6 heteroatoms. The van der Waals surface area contributed by atoms with Gasteiger partial charge in [-0.15, -0.1) is 0 Å². The number of anilines is 1. The maximum absolute atomic E-state index is 11.6. The molecular weight excluding hydrogens is 287 g/mol. The summed E-state index contributed by atoms with van der Waals surface area (Å²) in [5, 5.41) is 15.5. The number of aliphatic hydroxyl groups is 1. The summed E-state index contributed by atoms with van der Waals surface area (Å²) in [6.07, 6.45) is 0.0871. The third-order valence-corrected chi connectivity index (χ3v) is 3.51. The van der Waals surface area contributed by atoms with Crippen LogP contribution in [0.15, 0.2) is 18.2 Å². The van der Waals surface area contributed by atoms with Gasteiger partial charge in [0, 0.05) is 6.54 Å². The van der Waals surface area contributed by atoms with Gasteiger partial charge in [0.1, 0.15) is 0 Å². The predicted molar refractivity (Wildman–Crippen MR) is 78.9 cm³/mol. The molecule has 4 nitrogen and oxygen atoms in total. The van der Waals surface area contributed by atoms with E-state index >= 15 is 0 Å². The van der Waals surface area contributed by atoms with Crippen LogP contribution in [0.3, 0.4) is 0 Å². The lowest BCUT2D eigenvalue weighted by molar-refractivity contribution is 0.117. The topological polar surface area (TPSA) is 61.4 Å². The van der Waals surface area contributed by atoms with E-state index in [1.54, 1.807) is 18.2 Å². The van der Waals surface area contributed by atoms with Crippen molar-refractivity contribution in [3.05, 3.63) is 28.2 Å². The van der Waals surface area contributed by atoms with Crippen molar-refractivity contribution in [2.24, 2.45) is 5.92 Å². The highest BCUT2D eigenvalue weighted by atomic mass is 35.5.